The highest BCUT2D eigenvalue weighted by molar-refractivity contribution is 5.02. The Morgan fingerprint density at radius 2 is 2.47 bits per heavy atom. The molecule has 4 nitrogen and oxygen atoms in total. The zero-order chi connectivity index (χ0) is 10.7. The second-order valence-corrected chi connectivity index (χ2v) is 3.85. The normalized spacial score (nSPS) is 27.9. The first-order valence-electron chi connectivity index (χ1n) is 5.38. The number of rotatable bonds is 3. The van der Waals surface area contributed by atoms with E-state index >= 15 is 0 Å². The van der Waals surface area contributed by atoms with Gasteiger partial charge in [0.25, 0.3) is 0 Å². The van der Waals surface area contributed by atoms with Crippen molar-refractivity contribution in [2.24, 2.45) is 5.92 Å². The van der Waals surface area contributed by atoms with Crippen molar-refractivity contribution in [2.45, 2.75) is 32.0 Å². The van der Waals surface area contributed by atoms with Crippen LogP contribution in [0.25, 0.3) is 0 Å². The van der Waals surface area contributed by atoms with Gasteiger partial charge < -0.3 is 9.84 Å². The molecule has 2 heterocycles. The largest absolute Gasteiger partial charge is 0.386 e. The average Bonchev–Trinajstić information content (AvgIpc) is 2.77. The molecule has 0 amide bonds. The quantitative estimate of drug-likeness (QED) is 0.814. The van der Waals surface area contributed by atoms with Crippen LogP contribution in [0.5, 0.6) is 0 Å². The summed E-state index contributed by atoms with van der Waals surface area (Å²) >= 11 is 0. The average molecular weight is 208 g/mol. The van der Waals surface area contributed by atoms with E-state index in [-0.39, 0.29) is 12.0 Å². The van der Waals surface area contributed by atoms with Gasteiger partial charge in [-0.05, 0) is 12.8 Å². The molecule has 0 bridgehead atoms. The molecule has 1 fully saturated rings. The molecule has 3 unspecified atom stereocenters. The Morgan fingerprint density at radius 3 is 3.13 bits per heavy atom. The van der Waals surface area contributed by atoms with E-state index in [1.54, 1.807) is 18.6 Å². The predicted molar refractivity (Wildman–Crippen MR) is 55.1 cm³/mol. The summed E-state index contributed by atoms with van der Waals surface area (Å²) in [6.45, 7) is 2.81. The van der Waals surface area contributed by atoms with Crippen LogP contribution < -0.4 is 0 Å². The van der Waals surface area contributed by atoms with Crippen molar-refractivity contribution in [2.75, 3.05) is 6.61 Å². The maximum atomic E-state index is 10.1. The lowest BCUT2D eigenvalue weighted by molar-refractivity contribution is 0.0287. The third-order valence-electron chi connectivity index (χ3n) is 2.95. The maximum absolute atomic E-state index is 10.1. The van der Waals surface area contributed by atoms with Gasteiger partial charge in [-0.1, -0.05) is 6.92 Å². The Labute approximate surface area is 89.3 Å². The van der Waals surface area contributed by atoms with E-state index in [9.17, 15) is 5.11 Å². The van der Waals surface area contributed by atoms with Crippen molar-refractivity contribution in [3.8, 4) is 0 Å². The number of hydrogen-bond donors (Lipinski definition) is 1. The van der Waals surface area contributed by atoms with Crippen LogP contribution in [0.3, 0.4) is 0 Å². The van der Waals surface area contributed by atoms with Crippen LogP contribution in [-0.4, -0.2) is 27.8 Å². The first-order valence-corrected chi connectivity index (χ1v) is 5.38. The standard InChI is InChI=1S/C11H16N2O2/c1-2-10-8(3-6-15-10)11(14)9-7-12-4-5-13-9/h4-5,7-8,10-11,14H,2-3,6H2,1H3. The van der Waals surface area contributed by atoms with Crippen LogP contribution in [0.15, 0.2) is 18.6 Å². The van der Waals surface area contributed by atoms with Crippen LogP contribution in [-0.2, 0) is 4.74 Å². The molecule has 0 saturated carbocycles. The van der Waals surface area contributed by atoms with Gasteiger partial charge in [0.15, 0.2) is 0 Å². The minimum Gasteiger partial charge on any atom is -0.386 e. The topological polar surface area (TPSA) is 55.2 Å². The van der Waals surface area contributed by atoms with Crippen molar-refractivity contribution < 1.29 is 9.84 Å². The van der Waals surface area contributed by atoms with E-state index in [4.69, 9.17) is 4.74 Å². The summed E-state index contributed by atoms with van der Waals surface area (Å²) in [6.07, 6.45) is 6.27. The number of hydrogen-bond acceptors (Lipinski definition) is 4. The molecule has 0 spiro atoms. The highest BCUT2D eigenvalue weighted by Crippen LogP contribution is 2.33. The van der Waals surface area contributed by atoms with Gasteiger partial charge in [0.2, 0.25) is 0 Å². The van der Waals surface area contributed by atoms with Crippen LogP contribution in [0.1, 0.15) is 31.6 Å². The minimum atomic E-state index is -0.550. The molecule has 0 aliphatic carbocycles. The van der Waals surface area contributed by atoms with Crippen LogP contribution >= 0.6 is 0 Å². The van der Waals surface area contributed by atoms with Crippen molar-refractivity contribution in [1.82, 2.24) is 9.97 Å². The molecule has 0 radical (unpaired) electrons. The van der Waals surface area contributed by atoms with Gasteiger partial charge in [0.05, 0.1) is 18.0 Å². The Morgan fingerprint density at radius 1 is 1.60 bits per heavy atom. The molecule has 4 heteroatoms. The molecule has 1 saturated heterocycles. The smallest absolute Gasteiger partial charge is 0.103 e. The number of ether oxygens (including phenoxy) is 1. The molecule has 1 aromatic heterocycles. The van der Waals surface area contributed by atoms with Crippen LogP contribution in [0.4, 0.5) is 0 Å². The van der Waals surface area contributed by atoms with Gasteiger partial charge in [-0.3, -0.25) is 9.97 Å². The van der Waals surface area contributed by atoms with Gasteiger partial charge in [0.1, 0.15) is 6.10 Å². The molecule has 1 N–H and O–H groups in total. The number of aromatic nitrogens is 2. The van der Waals surface area contributed by atoms with E-state index in [2.05, 4.69) is 16.9 Å². The monoisotopic (exact) mass is 208 g/mol. The van der Waals surface area contributed by atoms with E-state index < -0.39 is 6.10 Å². The molecular weight excluding hydrogens is 192 g/mol. The molecule has 0 aromatic carbocycles. The third-order valence-corrected chi connectivity index (χ3v) is 2.95. The summed E-state index contributed by atoms with van der Waals surface area (Å²) < 4.78 is 5.55. The molecule has 82 valence electrons. The number of aliphatic hydroxyl groups is 1. The lowest BCUT2D eigenvalue weighted by Crippen LogP contribution is -2.22. The summed E-state index contributed by atoms with van der Waals surface area (Å²) in [5.74, 6) is 0.159. The number of aliphatic hydroxyl groups excluding tert-OH is 1. The molecule has 1 aliphatic heterocycles. The van der Waals surface area contributed by atoms with E-state index in [1.807, 2.05) is 0 Å². The predicted octanol–water partition coefficient (Wildman–Crippen LogP) is 1.33. The molecule has 15 heavy (non-hydrogen) atoms. The van der Waals surface area contributed by atoms with E-state index in [1.165, 1.54) is 0 Å². The van der Waals surface area contributed by atoms with Gasteiger partial charge in [-0.2, -0.15) is 0 Å². The van der Waals surface area contributed by atoms with Gasteiger partial charge in [-0.25, -0.2) is 0 Å². The zero-order valence-electron chi connectivity index (χ0n) is 8.84. The van der Waals surface area contributed by atoms with Gasteiger partial charge in [0, 0.05) is 24.9 Å². The fraction of sp³-hybridized carbons (Fsp3) is 0.636. The summed E-state index contributed by atoms with van der Waals surface area (Å²) in [5, 5.41) is 10.1. The second-order valence-electron chi connectivity index (χ2n) is 3.85. The van der Waals surface area contributed by atoms with Crippen LogP contribution in [0.2, 0.25) is 0 Å². The van der Waals surface area contributed by atoms with Crippen LogP contribution in [0, 0.1) is 5.92 Å². The zero-order valence-corrected chi connectivity index (χ0v) is 8.84. The molecule has 1 aliphatic rings. The molecular formula is C11H16N2O2. The molecule has 1 aromatic rings. The maximum Gasteiger partial charge on any atom is 0.103 e. The van der Waals surface area contributed by atoms with E-state index in [0.717, 1.165) is 19.4 Å². The van der Waals surface area contributed by atoms with Crippen molar-refractivity contribution in [1.29, 1.82) is 0 Å². The Balaban J connectivity index is 2.10. The first kappa shape index (κ1) is 10.5. The molecule has 2 rings (SSSR count). The Kier molecular flexibility index (Phi) is 3.28. The van der Waals surface area contributed by atoms with Gasteiger partial charge in [-0.15, -0.1) is 0 Å². The SMILES string of the molecule is CCC1OCCC1C(O)c1cnccn1. The van der Waals surface area contributed by atoms with Gasteiger partial charge >= 0.3 is 0 Å². The highest BCUT2D eigenvalue weighted by Gasteiger charge is 2.34. The lowest BCUT2D eigenvalue weighted by Gasteiger charge is -2.21. The van der Waals surface area contributed by atoms with E-state index in [0.29, 0.717) is 5.69 Å². The second kappa shape index (κ2) is 4.68. The molecule has 3 atom stereocenters. The van der Waals surface area contributed by atoms with Crippen molar-refractivity contribution in [3.05, 3.63) is 24.3 Å². The summed E-state index contributed by atoms with van der Waals surface area (Å²) in [4.78, 5) is 8.09. The third kappa shape index (κ3) is 2.16. The summed E-state index contributed by atoms with van der Waals surface area (Å²) in [6, 6.07) is 0. The summed E-state index contributed by atoms with van der Waals surface area (Å²) in [7, 11) is 0. The lowest BCUT2D eigenvalue weighted by atomic mass is 9.92. The highest BCUT2D eigenvalue weighted by atomic mass is 16.5. The summed E-state index contributed by atoms with van der Waals surface area (Å²) in [5.41, 5.74) is 0.645. The fourth-order valence-corrected chi connectivity index (χ4v) is 2.13. The van der Waals surface area contributed by atoms with Crippen molar-refractivity contribution >= 4 is 0 Å². The fourth-order valence-electron chi connectivity index (χ4n) is 2.13. The Hall–Kier alpha value is -1.00. The first-order chi connectivity index (χ1) is 7.33. The minimum absolute atomic E-state index is 0.155. The Bertz CT molecular complexity index is 305. The number of nitrogens with zero attached hydrogens (tertiary/aromatic N) is 2. The van der Waals surface area contributed by atoms with Crippen molar-refractivity contribution in [3.63, 3.8) is 0 Å².